The summed E-state index contributed by atoms with van der Waals surface area (Å²) in [4.78, 5) is 15.5. The summed E-state index contributed by atoms with van der Waals surface area (Å²) in [6, 6.07) is 10.4. The van der Waals surface area contributed by atoms with Gasteiger partial charge in [-0.3, -0.25) is 9.69 Å². The maximum absolute atomic E-state index is 13.1. The second-order valence-electron chi connectivity index (χ2n) is 8.15. The highest BCUT2D eigenvalue weighted by molar-refractivity contribution is 9.10. The zero-order valence-corrected chi connectivity index (χ0v) is 18.1. The Morgan fingerprint density at radius 1 is 1.17 bits per heavy atom. The van der Waals surface area contributed by atoms with Crippen LogP contribution in [-0.4, -0.2) is 23.5 Å². The first kappa shape index (κ1) is 18.9. The SMILES string of the molecule is Cc1cc2c(c3c1C(=O)/C(=C/c1ccccc1Br)O3)CN(C1CCCCC1)CO2. The topological polar surface area (TPSA) is 38.8 Å². The first-order valence-corrected chi connectivity index (χ1v) is 11.1. The lowest BCUT2D eigenvalue weighted by atomic mass is 9.93. The highest BCUT2D eigenvalue weighted by atomic mass is 79.9. The number of Topliss-reactive ketones (excluding diaryl/α,β-unsaturated/α-hetero) is 1. The van der Waals surface area contributed by atoms with E-state index in [9.17, 15) is 4.79 Å². The van der Waals surface area contributed by atoms with Crippen LogP contribution < -0.4 is 9.47 Å². The van der Waals surface area contributed by atoms with Gasteiger partial charge in [-0.1, -0.05) is 53.4 Å². The fourth-order valence-electron chi connectivity index (χ4n) is 4.66. The van der Waals surface area contributed by atoms with Gasteiger partial charge in [0.1, 0.15) is 18.2 Å². The Morgan fingerprint density at radius 2 is 1.97 bits per heavy atom. The fraction of sp³-hybridized carbons (Fsp3) is 0.375. The Morgan fingerprint density at radius 3 is 2.76 bits per heavy atom. The Labute approximate surface area is 179 Å². The predicted octanol–water partition coefficient (Wildman–Crippen LogP) is 5.86. The number of aryl methyl sites for hydroxylation is 1. The molecule has 2 aromatic rings. The Balaban J connectivity index is 1.50. The van der Waals surface area contributed by atoms with Crippen LogP contribution >= 0.6 is 15.9 Å². The van der Waals surface area contributed by atoms with Crippen LogP contribution in [0.1, 0.15) is 59.2 Å². The molecule has 2 aromatic carbocycles. The van der Waals surface area contributed by atoms with Crippen molar-refractivity contribution in [1.29, 1.82) is 0 Å². The number of carbonyl (C=O) groups excluding carboxylic acids is 1. The van der Waals surface area contributed by atoms with Crippen molar-refractivity contribution in [2.45, 2.75) is 51.6 Å². The summed E-state index contributed by atoms with van der Waals surface area (Å²) in [5.41, 5.74) is 3.52. The molecule has 150 valence electrons. The Kier molecular flexibility index (Phi) is 4.96. The van der Waals surface area contributed by atoms with Gasteiger partial charge in [0.2, 0.25) is 5.78 Å². The number of hydrogen-bond acceptors (Lipinski definition) is 4. The minimum absolute atomic E-state index is 0.0501. The zero-order chi connectivity index (χ0) is 20.0. The molecule has 5 heteroatoms. The van der Waals surface area contributed by atoms with E-state index in [1.165, 1.54) is 32.1 Å². The minimum atomic E-state index is -0.0501. The molecule has 0 N–H and O–H groups in total. The molecule has 4 nitrogen and oxygen atoms in total. The molecule has 0 bridgehead atoms. The van der Waals surface area contributed by atoms with Crippen LogP contribution in [0.3, 0.4) is 0 Å². The average Bonchev–Trinajstić information content (AvgIpc) is 3.07. The van der Waals surface area contributed by atoms with Crippen molar-refractivity contribution in [2.24, 2.45) is 0 Å². The summed E-state index contributed by atoms with van der Waals surface area (Å²) >= 11 is 3.55. The normalized spacial score (nSPS) is 20.9. The van der Waals surface area contributed by atoms with E-state index in [1.807, 2.05) is 43.3 Å². The van der Waals surface area contributed by atoms with Gasteiger partial charge in [0.05, 0.1) is 11.1 Å². The fourth-order valence-corrected chi connectivity index (χ4v) is 5.06. The monoisotopic (exact) mass is 453 g/mol. The van der Waals surface area contributed by atoms with Crippen LogP contribution in [0.25, 0.3) is 6.08 Å². The van der Waals surface area contributed by atoms with Gasteiger partial charge in [0.15, 0.2) is 5.76 Å². The molecule has 1 fully saturated rings. The number of ether oxygens (including phenoxy) is 2. The number of fused-ring (bicyclic) bond motifs is 3. The molecule has 2 heterocycles. The summed E-state index contributed by atoms with van der Waals surface area (Å²) in [6.45, 7) is 3.35. The van der Waals surface area contributed by atoms with Crippen LogP contribution in [0.15, 0.2) is 40.6 Å². The van der Waals surface area contributed by atoms with Gasteiger partial charge >= 0.3 is 0 Å². The number of ketones is 1. The van der Waals surface area contributed by atoms with Gasteiger partial charge in [0.25, 0.3) is 0 Å². The lowest BCUT2D eigenvalue weighted by Gasteiger charge is -2.37. The van der Waals surface area contributed by atoms with E-state index in [0.29, 0.717) is 29.8 Å². The molecule has 5 rings (SSSR count). The Bertz CT molecular complexity index is 1010. The molecule has 0 aromatic heterocycles. The molecule has 29 heavy (non-hydrogen) atoms. The van der Waals surface area contributed by atoms with Crippen LogP contribution in [0, 0.1) is 6.92 Å². The predicted molar refractivity (Wildman–Crippen MR) is 116 cm³/mol. The molecule has 0 radical (unpaired) electrons. The second kappa shape index (κ2) is 7.62. The van der Waals surface area contributed by atoms with E-state index < -0.39 is 0 Å². The van der Waals surface area contributed by atoms with E-state index in [2.05, 4.69) is 20.8 Å². The van der Waals surface area contributed by atoms with Gasteiger partial charge in [-0.25, -0.2) is 0 Å². The number of benzene rings is 2. The van der Waals surface area contributed by atoms with Crippen LogP contribution in [0.5, 0.6) is 11.5 Å². The van der Waals surface area contributed by atoms with E-state index in [1.54, 1.807) is 0 Å². The molecule has 0 atom stereocenters. The largest absolute Gasteiger partial charge is 0.478 e. The van der Waals surface area contributed by atoms with Crippen molar-refractivity contribution in [3.8, 4) is 11.5 Å². The molecule has 1 saturated carbocycles. The maximum atomic E-state index is 13.1. The molecular formula is C24H24BrNO3. The van der Waals surface area contributed by atoms with Crippen molar-refractivity contribution >= 4 is 27.8 Å². The molecule has 3 aliphatic rings. The van der Waals surface area contributed by atoms with Crippen molar-refractivity contribution < 1.29 is 14.3 Å². The smallest absolute Gasteiger partial charge is 0.232 e. The van der Waals surface area contributed by atoms with Crippen molar-refractivity contribution in [1.82, 2.24) is 4.90 Å². The average molecular weight is 454 g/mol. The number of nitrogens with zero attached hydrogens (tertiary/aromatic N) is 1. The molecule has 2 aliphatic heterocycles. The standard InChI is InChI=1S/C24H24BrNO3/c1-15-11-20-18(13-26(14-28-20)17-8-3-2-4-9-17)24-22(15)23(27)21(29-24)12-16-7-5-6-10-19(16)25/h5-7,10-12,17H,2-4,8-9,13-14H2,1H3/b21-12-. The van der Waals surface area contributed by atoms with Crippen molar-refractivity contribution in [2.75, 3.05) is 6.73 Å². The van der Waals surface area contributed by atoms with Crippen molar-refractivity contribution in [3.63, 3.8) is 0 Å². The minimum Gasteiger partial charge on any atom is -0.478 e. The third-order valence-corrected chi connectivity index (χ3v) is 6.96. The number of rotatable bonds is 2. The van der Waals surface area contributed by atoms with E-state index in [-0.39, 0.29) is 5.78 Å². The Hall–Kier alpha value is -2.11. The highest BCUT2D eigenvalue weighted by Crippen LogP contribution is 2.45. The van der Waals surface area contributed by atoms with Gasteiger partial charge in [-0.2, -0.15) is 0 Å². The number of allylic oxidation sites excluding steroid dienone is 1. The lowest BCUT2D eigenvalue weighted by Crippen LogP contribution is -2.41. The molecular weight excluding hydrogens is 430 g/mol. The third kappa shape index (κ3) is 3.40. The van der Waals surface area contributed by atoms with Crippen LogP contribution in [0.4, 0.5) is 0 Å². The molecule has 0 spiro atoms. The first-order chi connectivity index (χ1) is 14.1. The van der Waals surface area contributed by atoms with Gasteiger partial charge in [-0.05, 0) is 49.1 Å². The van der Waals surface area contributed by atoms with Gasteiger partial charge < -0.3 is 9.47 Å². The maximum Gasteiger partial charge on any atom is 0.232 e. The summed E-state index contributed by atoms with van der Waals surface area (Å²) in [6.07, 6.45) is 8.17. The van der Waals surface area contributed by atoms with Crippen molar-refractivity contribution in [3.05, 3.63) is 62.8 Å². The first-order valence-electron chi connectivity index (χ1n) is 10.3. The summed E-state index contributed by atoms with van der Waals surface area (Å²) in [5, 5.41) is 0. The van der Waals surface area contributed by atoms with Gasteiger partial charge in [-0.15, -0.1) is 0 Å². The third-order valence-electron chi connectivity index (χ3n) is 6.23. The van der Waals surface area contributed by atoms with Crippen LogP contribution in [0.2, 0.25) is 0 Å². The number of hydrogen-bond donors (Lipinski definition) is 0. The highest BCUT2D eigenvalue weighted by Gasteiger charge is 2.36. The second-order valence-corrected chi connectivity index (χ2v) is 9.00. The molecule has 1 aliphatic carbocycles. The number of carbonyl (C=O) groups is 1. The lowest BCUT2D eigenvalue weighted by molar-refractivity contribution is 0.0393. The summed E-state index contributed by atoms with van der Waals surface area (Å²) in [5.74, 6) is 1.86. The quantitative estimate of drug-likeness (QED) is 0.533. The summed E-state index contributed by atoms with van der Waals surface area (Å²) in [7, 11) is 0. The number of halogens is 1. The van der Waals surface area contributed by atoms with E-state index >= 15 is 0 Å². The molecule has 0 unspecified atom stereocenters. The zero-order valence-electron chi connectivity index (χ0n) is 16.5. The molecule has 0 saturated heterocycles. The van der Waals surface area contributed by atoms with E-state index in [4.69, 9.17) is 9.47 Å². The van der Waals surface area contributed by atoms with E-state index in [0.717, 1.165) is 33.5 Å². The summed E-state index contributed by atoms with van der Waals surface area (Å²) < 4.78 is 13.2. The van der Waals surface area contributed by atoms with Crippen LogP contribution in [-0.2, 0) is 6.54 Å². The molecule has 0 amide bonds. The van der Waals surface area contributed by atoms with Gasteiger partial charge in [0, 0.05) is 17.1 Å².